The molecule has 0 saturated heterocycles. The minimum absolute atomic E-state index is 0. The Bertz CT molecular complexity index is 103. The maximum Gasteiger partial charge on any atom is 4.00 e. The van der Waals surface area contributed by atoms with E-state index in [1.807, 2.05) is 0 Å². The molecule has 0 spiro atoms. The maximum atomic E-state index is 3.50. The molecule has 1 rings (SSSR count). The van der Waals surface area contributed by atoms with Crippen LogP contribution in [0.4, 0.5) is 0 Å². The van der Waals surface area contributed by atoms with Gasteiger partial charge in [0.15, 0.2) is 0 Å². The Morgan fingerprint density at radius 2 is 1.20 bits per heavy atom. The largest absolute Gasteiger partial charge is 4.00 e. The molecule has 0 N–H and O–H groups in total. The van der Waals surface area contributed by atoms with E-state index in [0.717, 1.165) is 0 Å². The van der Waals surface area contributed by atoms with Crippen molar-refractivity contribution in [3.8, 4) is 0 Å². The minimum Gasteiger partial charge on any atom is -0.668 e. The molecule has 0 amide bonds. The Balaban J connectivity index is -0.0000000550. The van der Waals surface area contributed by atoms with E-state index < -0.39 is 0 Å². The van der Waals surface area contributed by atoms with Gasteiger partial charge in [0.1, 0.15) is 0 Å². The summed E-state index contributed by atoms with van der Waals surface area (Å²) in [6.45, 7) is 0. The Hall–Kier alpha value is -0.336. The van der Waals surface area contributed by atoms with Crippen LogP contribution in [0.1, 0.15) is 0 Å². The van der Waals surface area contributed by atoms with Crippen molar-refractivity contribution in [2.75, 3.05) is 42.3 Å². The zero-order chi connectivity index (χ0) is 11.7. The van der Waals surface area contributed by atoms with Crippen molar-refractivity contribution in [1.29, 1.82) is 0 Å². The van der Waals surface area contributed by atoms with Crippen LogP contribution in [0.2, 0.25) is 0 Å². The predicted octanol–water partition coefficient (Wildman–Crippen LogP) is 0.685. The first-order chi connectivity index (χ1) is 6.74. The van der Waals surface area contributed by atoms with Gasteiger partial charge < -0.3 is 21.0 Å². The second-order valence-corrected chi connectivity index (χ2v) is 1.87. The van der Waals surface area contributed by atoms with Gasteiger partial charge in [-0.2, -0.15) is 47.5 Å². The average Bonchev–Trinajstić information content (AvgIpc) is 2.63. The third-order valence-corrected chi connectivity index (χ3v) is 0.247. The van der Waals surface area contributed by atoms with Gasteiger partial charge in [-0.15, -0.1) is 0 Å². The number of rotatable bonds is 0. The van der Waals surface area contributed by atoms with Crippen molar-refractivity contribution in [3.05, 3.63) is 22.3 Å². The van der Waals surface area contributed by atoms with Crippen LogP contribution < -0.4 is 5.10 Å². The monoisotopic (exact) mass is 249 g/mol. The third kappa shape index (κ3) is 85.5. The van der Waals surface area contributed by atoms with Gasteiger partial charge in [0.2, 0.25) is 0 Å². The summed E-state index contributed by atoms with van der Waals surface area (Å²) in [5, 5.41) is 23.2. The summed E-state index contributed by atoms with van der Waals surface area (Å²) in [6.07, 6.45) is 1.28. The van der Waals surface area contributed by atoms with Crippen molar-refractivity contribution in [2.45, 2.75) is 0 Å². The standard InChI is InChI=1S/3C2H6N.CHN4.Ti/c3*1-3-2;1-2-4-5-3-1;/h3*1-2H3;1H;/q4*-1;+4. The van der Waals surface area contributed by atoms with Crippen LogP contribution in [0.25, 0.3) is 16.0 Å². The molecule has 0 aliphatic heterocycles. The van der Waals surface area contributed by atoms with Crippen molar-refractivity contribution in [2.24, 2.45) is 0 Å². The van der Waals surface area contributed by atoms with Crippen LogP contribution in [-0.4, -0.2) is 57.8 Å². The van der Waals surface area contributed by atoms with Gasteiger partial charge in [0.05, 0.1) is 0 Å². The molecule has 8 heteroatoms. The topological polar surface area (TPSA) is 95.1 Å². The van der Waals surface area contributed by atoms with Crippen molar-refractivity contribution >= 4 is 0 Å². The molecule has 15 heavy (non-hydrogen) atoms. The molecule has 86 valence electrons. The summed E-state index contributed by atoms with van der Waals surface area (Å²) >= 11 is 0. The van der Waals surface area contributed by atoms with Crippen LogP contribution in [0, 0.1) is 0 Å². The molecule has 0 unspecified atom stereocenters. The zero-order valence-corrected chi connectivity index (χ0v) is 11.8. The van der Waals surface area contributed by atoms with E-state index in [4.69, 9.17) is 0 Å². The molecule has 1 aromatic rings. The van der Waals surface area contributed by atoms with E-state index in [2.05, 4.69) is 36.6 Å². The molecule has 1 aromatic heterocycles. The van der Waals surface area contributed by atoms with E-state index in [9.17, 15) is 0 Å². The Morgan fingerprint density at radius 1 is 0.867 bits per heavy atom. The molecule has 0 aliphatic rings. The van der Waals surface area contributed by atoms with Crippen LogP contribution in [0.3, 0.4) is 0 Å². The summed E-state index contributed by atoms with van der Waals surface area (Å²) in [5.41, 5.74) is 0. The third-order valence-electron chi connectivity index (χ3n) is 0.247. The average molecular weight is 249 g/mol. The van der Waals surface area contributed by atoms with Gasteiger partial charge in [-0.05, 0) is 6.33 Å². The fourth-order valence-corrected chi connectivity index (χ4v) is 0.115. The van der Waals surface area contributed by atoms with E-state index in [0.29, 0.717) is 0 Å². The number of hydrogen-bond acceptors (Lipinski definition) is 3. The minimum atomic E-state index is 0. The van der Waals surface area contributed by atoms with E-state index >= 15 is 0 Å². The molecule has 0 aliphatic carbocycles. The number of aromatic nitrogens is 4. The molecule has 1 heterocycles. The normalized spacial score (nSPS) is 6.27. The molecule has 0 bridgehead atoms. The summed E-state index contributed by atoms with van der Waals surface area (Å²) < 4.78 is 0. The Morgan fingerprint density at radius 3 is 1.27 bits per heavy atom. The molecule has 0 radical (unpaired) electrons. The first-order valence-electron chi connectivity index (χ1n) is 3.80. The number of hydrogen-bond donors (Lipinski definition) is 0. The Kier molecular flexibility index (Phi) is 59.9. The molecule has 7 nitrogen and oxygen atoms in total. The van der Waals surface area contributed by atoms with Crippen LogP contribution in [0.15, 0.2) is 6.33 Å². The fourth-order valence-electron chi connectivity index (χ4n) is 0.115. The molecular weight excluding hydrogens is 230 g/mol. The number of tetrazole rings is 1. The van der Waals surface area contributed by atoms with Gasteiger partial charge in [-0.3, -0.25) is 10.3 Å². The van der Waals surface area contributed by atoms with Crippen molar-refractivity contribution in [3.63, 3.8) is 0 Å². The van der Waals surface area contributed by atoms with Crippen molar-refractivity contribution < 1.29 is 21.7 Å². The van der Waals surface area contributed by atoms with Gasteiger partial charge >= 0.3 is 21.7 Å². The summed E-state index contributed by atoms with van der Waals surface area (Å²) in [4.78, 5) is 0. The SMILES string of the molecule is C[N-]C.C[N-]C.C[N-]C.[Ti+4].c1nnn[n-]1. The zero-order valence-electron chi connectivity index (χ0n) is 10.2. The van der Waals surface area contributed by atoms with E-state index in [1.165, 1.54) is 6.33 Å². The van der Waals surface area contributed by atoms with Crippen molar-refractivity contribution in [1.82, 2.24) is 20.6 Å². The smallest absolute Gasteiger partial charge is 0.668 e. The second kappa shape index (κ2) is 37.3. The van der Waals surface area contributed by atoms with Crippen LogP contribution in [0.5, 0.6) is 0 Å². The molecule has 0 saturated carbocycles. The van der Waals surface area contributed by atoms with Crippen LogP contribution in [-0.2, 0) is 21.7 Å². The second-order valence-electron chi connectivity index (χ2n) is 1.87. The molecule has 0 atom stereocenters. The summed E-state index contributed by atoms with van der Waals surface area (Å²) in [5.74, 6) is 0. The molecular formula is C7H19N7Ti. The molecule has 0 aromatic carbocycles. The number of nitrogens with zero attached hydrogens (tertiary/aromatic N) is 7. The predicted molar refractivity (Wildman–Crippen MR) is 58.8 cm³/mol. The Labute approximate surface area is 107 Å². The summed E-state index contributed by atoms with van der Waals surface area (Å²) in [6, 6.07) is 0. The van der Waals surface area contributed by atoms with E-state index in [-0.39, 0.29) is 21.7 Å². The maximum absolute atomic E-state index is 3.50. The van der Waals surface area contributed by atoms with Gasteiger partial charge in [0.25, 0.3) is 0 Å². The van der Waals surface area contributed by atoms with Gasteiger partial charge in [-0.25, -0.2) is 0 Å². The van der Waals surface area contributed by atoms with Gasteiger partial charge in [-0.1, -0.05) is 0 Å². The fraction of sp³-hybridized carbons (Fsp3) is 0.857. The first kappa shape index (κ1) is 24.1. The van der Waals surface area contributed by atoms with Crippen LogP contribution >= 0.6 is 0 Å². The summed E-state index contributed by atoms with van der Waals surface area (Å²) in [7, 11) is 10.5. The van der Waals surface area contributed by atoms with E-state index in [1.54, 1.807) is 42.3 Å². The molecule has 0 fully saturated rings. The quantitative estimate of drug-likeness (QED) is 0.632. The van der Waals surface area contributed by atoms with Gasteiger partial charge in [0, 0.05) is 0 Å². The first-order valence-corrected chi connectivity index (χ1v) is 3.80.